The van der Waals surface area contributed by atoms with E-state index in [1.807, 2.05) is 0 Å². The molecule has 2 aromatic rings. The number of carboxylic acids is 2. The van der Waals surface area contributed by atoms with Crippen LogP contribution < -0.4 is 4.74 Å². The largest absolute Gasteiger partial charge is 0.497 e. The summed E-state index contributed by atoms with van der Waals surface area (Å²) in [6.45, 7) is 0.986. The highest BCUT2D eigenvalue weighted by Gasteiger charge is 2.30. The van der Waals surface area contributed by atoms with Gasteiger partial charge in [-0.05, 0) is 48.5 Å². The number of sulfonamides is 1. The fourth-order valence-electron chi connectivity index (χ4n) is 2.80. The Morgan fingerprint density at radius 1 is 0.875 bits per heavy atom. The second-order valence-electron chi connectivity index (χ2n) is 6.49. The van der Waals surface area contributed by atoms with Crippen molar-refractivity contribution in [3.05, 3.63) is 59.9 Å². The summed E-state index contributed by atoms with van der Waals surface area (Å²) in [5.74, 6) is -3.62. The number of ether oxygens (including phenoxy) is 1. The van der Waals surface area contributed by atoms with Gasteiger partial charge in [-0.1, -0.05) is 0 Å². The van der Waals surface area contributed by atoms with Crippen molar-refractivity contribution >= 4 is 27.9 Å². The molecule has 1 saturated heterocycles. The van der Waals surface area contributed by atoms with Crippen LogP contribution in [0.1, 0.15) is 10.4 Å². The predicted molar refractivity (Wildman–Crippen MR) is 109 cm³/mol. The summed E-state index contributed by atoms with van der Waals surface area (Å²) in [6, 6.07) is 11.5. The number of aliphatic carboxylic acids is 2. The van der Waals surface area contributed by atoms with Gasteiger partial charge < -0.3 is 19.8 Å². The molecular weight excluding hydrogens is 447 g/mol. The summed E-state index contributed by atoms with van der Waals surface area (Å²) < 4.78 is 44.6. The van der Waals surface area contributed by atoms with E-state index in [1.165, 1.54) is 16.4 Å². The van der Waals surface area contributed by atoms with E-state index in [-0.39, 0.29) is 23.9 Å². The molecule has 1 aliphatic rings. The standard InChI is InChI=1S/C18H19FN2O4S.C2H2O4/c1-25-16-6-2-14(3-7-16)18(22)20-10-12-21(13-11-20)26(23,24)17-8-4-15(19)5-9-17;3-1(4)2(5)6/h2-9H,10-13H2,1H3;(H,3,4)(H,5,6). The second-order valence-corrected chi connectivity index (χ2v) is 8.43. The highest BCUT2D eigenvalue weighted by atomic mass is 32.2. The van der Waals surface area contributed by atoms with Gasteiger partial charge in [-0.25, -0.2) is 22.4 Å². The Bertz CT molecular complexity index is 1050. The summed E-state index contributed by atoms with van der Waals surface area (Å²) in [6.07, 6.45) is 0. The maximum Gasteiger partial charge on any atom is 0.414 e. The highest BCUT2D eigenvalue weighted by molar-refractivity contribution is 7.89. The highest BCUT2D eigenvalue weighted by Crippen LogP contribution is 2.19. The maximum atomic E-state index is 13.0. The lowest BCUT2D eigenvalue weighted by atomic mass is 10.2. The summed E-state index contributed by atoms with van der Waals surface area (Å²) in [5.41, 5.74) is 0.528. The van der Waals surface area contributed by atoms with E-state index in [0.29, 0.717) is 24.4 Å². The molecule has 12 heteroatoms. The van der Waals surface area contributed by atoms with Crippen LogP contribution in [0.15, 0.2) is 53.4 Å². The first-order valence-electron chi connectivity index (χ1n) is 9.21. The molecule has 0 radical (unpaired) electrons. The van der Waals surface area contributed by atoms with Gasteiger partial charge in [-0.2, -0.15) is 4.31 Å². The predicted octanol–water partition coefficient (Wildman–Crippen LogP) is 1.14. The minimum atomic E-state index is -3.69. The first-order chi connectivity index (χ1) is 15.1. The van der Waals surface area contributed by atoms with Gasteiger partial charge in [-0.15, -0.1) is 0 Å². The molecule has 10 nitrogen and oxygen atoms in total. The summed E-state index contributed by atoms with van der Waals surface area (Å²) in [5, 5.41) is 14.8. The number of benzene rings is 2. The number of hydrogen-bond donors (Lipinski definition) is 2. The van der Waals surface area contributed by atoms with Crippen molar-refractivity contribution in [1.29, 1.82) is 0 Å². The average molecular weight is 468 g/mol. The Hall–Kier alpha value is -3.51. The Labute approximate surface area is 183 Å². The van der Waals surface area contributed by atoms with Crippen LogP contribution in [0.2, 0.25) is 0 Å². The van der Waals surface area contributed by atoms with Crippen molar-refractivity contribution in [2.75, 3.05) is 33.3 Å². The zero-order chi connectivity index (χ0) is 23.9. The smallest absolute Gasteiger partial charge is 0.414 e. The third-order valence-corrected chi connectivity index (χ3v) is 6.41. The van der Waals surface area contributed by atoms with E-state index < -0.39 is 27.8 Å². The Balaban J connectivity index is 0.000000534. The normalized spacial score (nSPS) is 14.1. The first kappa shape index (κ1) is 24.8. The first-order valence-corrected chi connectivity index (χ1v) is 10.7. The molecule has 1 amide bonds. The Morgan fingerprint density at radius 2 is 1.38 bits per heavy atom. The number of nitrogens with zero attached hydrogens (tertiary/aromatic N) is 2. The number of amides is 1. The lowest BCUT2D eigenvalue weighted by Crippen LogP contribution is -2.50. The fourth-order valence-corrected chi connectivity index (χ4v) is 4.23. The van der Waals surface area contributed by atoms with E-state index in [9.17, 15) is 17.6 Å². The number of carbonyl (C=O) groups excluding carboxylic acids is 1. The van der Waals surface area contributed by atoms with Crippen molar-refractivity contribution in [3.8, 4) is 5.75 Å². The molecule has 0 bridgehead atoms. The number of hydrogen-bond acceptors (Lipinski definition) is 6. The quantitative estimate of drug-likeness (QED) is 0.637. The lowest BCUT2D eigenvalue weighted by Gasteiger charge is -2.34. The van der Waals surface area contributed by atoms with Gasteiger partial charge in [0.25, 0.3) is 5.91 Å². The summed E-state index contributed by atoms with van der Waals surface area (Å²) in [4.78, 5) is 32.4. The van der Waals surface area contributed by atoms with Gasteiger partial charge in [0.2, 0.25) is 10.0 Å². The van der Waals surface area contributed by atoms with Gasteiger partial charge >= 0.3 is 11.9 Å². The van der Waals surface area contributed by atoms with Crippen molar-refractivity contribution in [1.82, 2.24) is 9.21 Å². The molecule has 32 heavy (non-hydrogen) atoms. The van der Waals surface area contributed by atoms with Gasteiger partial charge in [-0.3, -0.25) is 4.79 Å². The van der Waals surface area contributed by atoms with Gasteiger partial charge in [0, 0.05) is 31.7 Å². The molecule has 3 rings (SSSR count). The lowest BCUT2D eigenvalue weighted by molar-refractivity contribution is -0.159. The molecule has 1 fully saturated rings. The fraction of sp³-hybridized carbons (Fsp3) is 0.250. The van der Waals surface area contributed by atoms with E-state index in [0.717, 1.165) is 12.1 Å². The molecule has 0 saturated carbocycles. The van der Waals surface area contributed by atoms with Crippen LogP contribution in [0.3, 0.4) is 0 Å². The van der Waals surface area contributed by atoms with Crippen LogP contribution in [0.4, 0.5) is 4.39 Å². The van der Waals surface area contributed by atoms with E-state index in [2.05, 4.69) is 0 Å². The molecule has 2 aromatic carbocycles. The summed E-state index contributed by atoms with van der Waals surface area (Å²) in [7, 11) is -2.14. The van der Waals surface area contributed by atoms with Crippen LogP contribution in [0, 0.1) is 5.82 Å². The van der Waals surface area contributed by atoms with Crippen molar-refractivity contribution < 1.29 is 42.1 Å². The number of rotatable bonds is 4. The molecule has 2 N–H and O–H groups in total. The van der Waals surface area contributed by atoms with Crippen LogP contribution in [0.5, 0.6) is 5.75 Å². The monoisotopic (exact) mass is 468 g/mol. The molecule has 1 aliphatic heterocycles. The molecule has 0 aliphatic carbocycles. The number of piperazine rings is 1. The number of carbonyl (C=O) groups is 3. The molecule has 172 valence electrons. The molecule has 1 heterocycles. The average Bonchev–Trinajstić information content (AvgIpc) is 2.79. The van der Waals surface area contributed by atoms with E-state index in [4.69, 9.17) is 24.5 Å². The zero-order valence-electron chi connectivity index (χ0n) is 17.0. The van der Waals surface area contributed by atoms with Gasteiger partial charge in [0.15, 0.2) is 0 Å². The van der Waals surface area contributed by atoms with Crippen LogP contribution in [-0.4, -0.2) is 79.0 Å². The Kier molecular flexibility index (Phi) is 8.27. The summed E-state index contributed by atoms with van der Waals surface area (Å²) >= 11 is 0. The SMILES string of the molecule is COc1ccc(C(=O)N2CCN(S(=O)(=O)c3ccc(F)cc3)CC2)cc1.O=C(O)C(=O)O. The maximum absolute atomic E-state index is 13.0. The molecule has 0 aromatic heterocycles. The number of methoxy groups -OCH3 is 1. The van der Waals surface area contributed by atoms with Crippen molar-refractivity contribution in [2.24, 2.45) is 0 Å². The van der Waals surface area contributed by atoms with Gasteiger partial charge in [0.1, 0.15) is 11.6 Å². The third kappa shape index (κ3) is 6.25. The molecule has 0 atom stereocenters. The third-order valence-electron chi connectivity index (χ3n) is 4.50. The molecule has 0 unspecified atom stereocenters. The van der Waals surface area contributed by atoms with Crippen LogP contribution in [0.25, 0.3) is 0 Å². The minimum Gasteiger partial charge on any atom is -0.497 e. The Morgan fingerprint density at radius 3 is 1.81 bits per heavy atom. The second kappa shape index (κ2) is 10.7. The molecule has 0 spiro atoms. The van der Waals surface area contributed by atoms with Crippen LogP contribution >= 0.6 is 0 Å². The molecular formula is C20H21FN2O8S. The van der Waals surface area contributed by atoms with Gasteiger partial charge in [0.05, 0.1) is 12.0 Å². The number of halogens is 1. The van der Waals surface area contributed by atoms with Crippen molar-refractivity contribution in [3.63, 3.8) is 0 Å². The minimum absolute atomic E-state index is 0.0498. The van der Waals surface area contributed by atoms with E-state index in [1.54, 1.807) is 36.3 Å². The number of carboxylic acid groups (broad SMARTS) is 2. The zero-order valence-corrected chi connectivity index (χ0v) is 17.8. The van der Waals surface area contributed by atoms with Crippen molar-refractivity contribution in [2.45, 2.75) is 4.90 Å². The van der Waals surface area contributed by atoms with Crippen LogP contribution in [-0.2, 0) is 19.6 Å². The van der Waals surface area contributed by atoms with E-state index >= 15 is 0 Å². The topological polar surface area (TPSA) is 142 Å².